The third kappa shape index (κ3) is 5.90. The molecule has 0 bridgehead atoms. The van der Waals surface area contributed by atoms with Gasteiger partial charge in [0.2, 0.25) is 0 Å². The van der Waals surface area contributed by atoms with Crippen LogP contribution in [0.5, 0.6) is 0 Å². The van der Waals surface area contributed by atoms with Gasteiger partial charge in [-0.3, -0.25) is 14.9 Å². The number of carbonyl (C=O) groups excluding carboxylic acids is 1. The molecule has 0 saturated heterocycles. The number of carbonyl (C=O) groups is 1. The second-order valence-corrected chi connectivity index (χ2v) is 4.94. The topological polar surface area (TPSA) is 81.5 Å². The van der Waals surface area contributed by atoms with Crippen LogP contribution in [0, 0.1) is 10.1 Å². The van der Waals surface area contributed by atoms with Crippen LogP contribution in [0.25, 0.3) is 0 Å². The summed E-state index contributed by atoms with van der Waals surface area (Å²) in [5.41, 5.74) is -0.515. The lowest BCUT2D eigenvalue weighted by molar-refractivity contribution is -0.385. The Labute approximate surface area is 128 Å². The molecule has 0 fully saturated rings. The monoisotopic (exact) mass is 338 g/mol. The van der Waals surface area contributed by atoms with E-state index in [-0.39, 0.29) is 24.4 Å². The molecule has 0 aromatic heterocycles. The predicted octanol–water partition coefficient (Wildman–Crippen LogP) is 2.63. The first-order valence-corrected chi connectivity index (χ1v) is 7.22. The average molecular weight is 338 g/mol. The second-order valence-electron chi connectivity index (χ2n) is 4.06. The van der Waals surface area contributed by atoms with Gasteiger partial charge in [-0.1, -0.05) is 0 Å². The van der Waals surface area contributed by atoms with Crippen LogP contribution in [0.15, 0.2) is 23.1 Å². The van der Waals surface area contributed by atoms with Gasteiger partial charge in [0.1, 0.15) is 12.2 Å². The van der Waals surface area contributed by atoms with E-state index in [0.717, 1.165) is 0 Å². The maximum absolute atomic E-state index is 11.9. The van der Waals surface area contributed by atoms with Gasteiger partial charge in [0.15, 0.2) is 0 Å². The van der Waals surface area contributed by atoms with E-state index in [4.69, 9.17) is 0 Å². The molecule has 0 atom stereocenters. The summed E-state index contributed by atoms with van der Waals surface area (Å²) in [5, 5.41) is 13.2. The molecule has 0 aliphatic rings. The zero-order valence-electron chi connectivity index (χ0n) is 11.5. The molecule has 1 aromatic rings. The van der Waals surface area contributed by atoms with Gasteiger partial charge in [-0.25, -0.2) is 0 Å². The Morgan fingerprint density at radius 2 is 2.14 bits per heavy atom. The molecule has 0 radical (unpaired) electrons. The minimum absolute atomic E-state index is 0.146. The van der Waals surface area contributed by atoms with Crippen molar-refractivity contribution in [1.29, 1.82) is 0 Å². The fraction of sp³-hybridized carbons (Fsp3) is 0.417. The van der Waals surface area contributed by atoms with Crippen molar-refractivity contribution in [2.45, 2.75) is 11.1 Å². The highest BCUT2D eigenvalue weighted by atomic mass is 32.2. The summed E-state index contributed by atoms with van der Waals surface area (Å²) in [4.78, 5) is 22.7. The summed E-state index contributed by atoms with van der Waals surface area (Å²) < 4.78 is 39.9. The van der Waals surface area contributed by atoms with Crippen LogP contribution in [-0.2, 0) is 4.74 Å². The lowest BCUT2D eigenvalue weighted by atomic mass is 10.1. The molecule has 1 N–H and O–H groups in total. The van der Waals surface area contributed by atoms with Gasteiger partial charge >= 0.3 is 6.18 Å². The number of nitrogens with zero attached hydrogens (tertiary/aromatic N) is 1. The Balaban J connectivity index is 2.63. The molecule has 1 rings (SSSR count). The summed E-state index contributed by atoms with van der Waals surface area (Å²) in [6.07, 6.45) is -2.69. The highest BCUT2D eigenvalue weighted by Gasteiger charge is 2.27. The molecule has 6 nitrogen and oxygen atoms in total. The van der Waals surface area contributed by atoms with Crippen molar-refractivity contribution in [1.82, 2.24) is 5.32 Å². The summed E-state index contributed by atoms with van der Waals surface area (Å²) in [5.74, 6) is -0.738. The lowest BCUT2D eigenvalue weighted by Crippen LogP contribution is -2.29. The standard InChI is InChI=1S/C12H13F3N2O4S/c1-22-8-2-3-10(17(19)20)9(6-8)11(18)16-4-5-21-7-12(13,14)15/h2-3,6H,4-5,7H2,1H3,(H,16,18). The normalized spacial score (nSPS) is 11.3. The van der Waals surface area contributed by atoms with Crippen molar-refractivity contribution in [3.8, 4) is 0 Å². The number of nitro benzene ring substituents is 1. The maximum Gasteiger partial charge on any atom is 0.411 e. The average Bonchev–Trinajstić information content (AvgIpc) is 2.44. The molecule has 0 spiro atoms. The Bertz CT molecular complexity index is 552. The van der Waals surface area contributed by atoms with E-state index in [9.17, 15) is 28.1 Å². The molecule has 0 saturated carbocycles. The number of alkyl halides is 3. The van der Waals surface area contributed by atoms with Gasteiger partial charge in [0.25, 0.3) is 11.6 Å². The van der Waals surface area contributed by atoms with Gasteiger partial charge in [-0.05, 0) is 18.4 Å². The van der Waals surface area contributed by atoms with Crippen LogP contribution < -0.4 is 5.32 Å². The SMILES string of the molecule is CSc1ccc([N+](=O)[O-])c(C(=O)NCCOCC(F)(F)F)c1. The first kappa shape index (κ1) is 18.2. The zero-order valence-corrected chi connectivity index (χ0v) is 12.3. The lowest BCUT2D eigenvalue weighted by Gasteiger charge is -2.09. The zero-order chi connectivity index (χ0) is 16.8. The van der Waals surface area contributed by atoms with Crippen LogP contribution in [0.4, 0.5) is 18.9 Å². The number of halogens is 3. The Morgan fingerprint density at radius 3 is 2.68 bits per heavy atom. The van der Waals surface area contributed by atoms with E-state index in [1.807, 2.05) is 0 Å². The van der Waals surface area contributed by atoms with Gasteiger partial charge in [-0.15, -0.1) is 11.8 Å². The molecule has 0 heterocycles. The fourth-order valence-corrected chi connectivity index (χ4v) is 1.94. The fourth-order valence-electron chi connectivity index (χ4n) is 1.50. The van der Waals surface area contributed by atoms with E-state index in [2.05, 4.69) is 10.1 Å². The highest BCUT2D eigenvalue weighted by Crippen LogP contribution is 2.24. The van der Waals surface area contributed by atoms with Crippen LogP contribution in [0.1, 0.15) is 10.4 Å². The number of ether oxygens (including phenoxy) is 1. The first-order valence-electron chi connectivity index (χ1n) is 5.99. The van der Waals surface area contributed by atoms with Crippen molar-refractivity contribution < 1.29 is 27.6 Å². The van der Waals surface area contributed by atoms with E-state index < -0.39 is 23.6 Å². The number of amides is 1. The molecule has 122 valence electrons. The summed E-state index contributed by atoms with van der Waals surface area (Å²) in [6.45, 7) is -1.94. The number of thioether (sulfide) groups is 1. The Hall–Kier alpha value is -1.81. The number of benzene rings is 1. The quantitative estimate of drug-likeness (QED) is 0.358. The van der Waals surface area contributed by atoms with E-state index in [1.165, 1.54) is 30.0 Å². The van der Waals surface area contributed by atoms with E-state index in [1.54, 1.807) is 6.26 Å². The van der Waals surface area contributed by atoms with Crippen molar-refractivity contribution in [3.05, 3.63) is 33.9 Å². The van der Waals surface area contributed by atoms with Crippen LogP contribution >= 0.6 is 11.8 Å². The molecule has 1 aromatic carbocycles. The molecule has 0 aliphatic heterocycles. The predicted molar refractivity (Wildman–Crippen MR) is 74.1 cm³/mol. The van der Waals surface area contributed by atoms with Crippen LogP contribution in [0.3, 0.4) is 0 Å². The molecule has 22 heavy (non-hydrogen) atoms. The van der Waals surface area contributed by atoms with Gasteiger partial charge in [-0.2, -0.15) is 13.2 Å². The number of nitrogens with one attached hydrogen (secondary N) is 1. The number of hydrogen-bond acceptors (Lipinski definition) is 5. The smallest absolute Gasteiger partial charge is 0.370 e. The van der Waals surface area contributed by atoms with Gasteiger partial charge in [0.05, 0.1) is 11.5 Å². The van der Waals surface area contributed by atoms with Gasteiger partial charge < -0.3 is 10.1 Å². The number of hydrogen-bond donors (Lipinski definition) is 1. The summed E-state index contributed by atoms with van der Waals surface area (Å²) >= 11 is 1.30. The van der Waals surface area contributed by atoms with E-state index in [0.29, 0.717) is 4.90 Å². The molecule has 10 heteroatoms. The third-order valence-corrected chi connectivity index (χ3v) is 3.17. The molecule has 0 aliphatic carbocycles. The molecular weight excluding hydrogens is 325 g/mol. The maximum atomic E-state index is 11.9. The van der Waals surface area contributed by atoms with Crippen molar-refractivity contribution in [2.24, 2.45) is 0 Å². The molecule has 1 amide bonds. The van der Waals surface area contributed by atoms with Crippen LogP contribution in [-0.4, -0.2) is 43.0 Å². The van der Waals surface area contributed by atoms with Gasteiger partial charge in [0, 0.05) is 17.5 Å². The Morgan fingerprint density at radius 1 is 1.45 bits per heavy atom. The largest absolute Gasteiger partial charge is 0.411 e. The summed E-state index contributed by atoms with van der Waals surface area (Å²) in [6, 6.07) is 4.07. The molecular formula is C12H13F3N2O4S. The first-order chi connectivity index (χ1) is 10.2. The van der Waals surface area contributed by atoms with E-state index >= 15 is 0 Å². The van der Waals surface area contributed by atoms with Crippen LogP contribution in [0.2, 0.25) is 0 Å². The number of nitro groups is 1. The Kier molecular flexibility index (Phi) is 6.62. The highest BCUT2D eigenvalue weighted by molar-refractivity contribution is 7.98. The molecule has 0 unspecified atom stereocenters. The minimum Gasteiger partial charge on any atom is -0.370 e. The summed E-state index contributed by atoms with van der Waals surface area (Å²) in [7, 11) is 0. The van der Waals surface area contributed by atoms with Crippen molar-refractivity contribution in [3.63, 3.8) is 0 Å². The minimum atomic E-state index is -4.44. The van der Waals surface area contributed by atoms with Crippen molar-refractivity contribution in [2.75, 3.05) is 26.0 Å². The second kappa shape index (κ2) is 7.99. The third-order valence-electron chi connectivity index (χ3n) is 2.44. The number of rotatable bonds is 7. The van der Waals surface area contributed by atoms with Crippen molar-refractivity contribution >= 4 is 23.4 Å².